The third-order valence-corrected chi connectivity index (χ3v) is 3.75. The molecule has 1 saturated heterocycles. The predicted octanol–water partition coefficient (Wildman–Crippen LogP) is 2.37. The minimum Gasteiger partial charge on any atom is -0.444 e. The van der Waals surface area contributed by atoms with Gasteiger partial charge in [-0.3, -0.25) is 4.79 Å². The van der Waals surface area contributed by atoms with Crippen LogP contribution in [0.3, 0.4) is 0 Å². The summed E-state index contributed by atoms with van der Waals surface area (Å²) in [5.41, 5.74) is -0.579. The number of hydrogen-bond donors (Lipinski definition) is 0. The Bertz CT molecular complexity index is 339. The Kier molecular flexibility index (Phi) is 2.92. The Hall–Kier alpha value is -1.06. The van der Waals surface area contributed by atoms with Crippen molar-refractivity contribution in [1.29, 1.82) is 0 Å². The molecule has 0 aromatic carbocycles. The van der Waals surface area contributed by atoms with E-state index in [0.717, 1.165) is 25.7 Å². The van der Waals surface area contributed by atoms with Gasteiger partial charge in [0.15, 0.2) is 5.78 Å². The Labute approximate surface area is 102 Å². The lowest BCUT2D eigenvalue weighted by Crippen LogP contribution is -2.53. The fourth-order valence-electron chi connectivity index (χ4n) is 2.52. The van der Waals surface area contributed by atoms with Crippen molar-refractivity contribution in [2.24, 2.45) is 5.41 Å². The Balaban J connectivity index is 1.93. The van der Waals surface area contributed by atoms with E-state index in [9.17, 15) is 9.59 Å². The molecule has 4 nitrogen and oxygen atoms in total. The second kappa shape index (κ2) is 4.00. The second-order valence-corrected chi connectivity index (χ2v) is 6.21. The molecule has 0 bridgehead atoms. The van der Waals surface area contributed by atoms with Gasteiger partial charge < -0.3 is 9.64 Å². The molecule has 0 aromatic rings. The molecule has 0 unspecified atom stereocenters. The average molecular weight is 239 g/mol. The smallest absolute Gasteiger partial charge is 0.410 e. The normalized spacial score (nSPS) is 23.5. The highest BCUT2D eigenvalue weighted by Crippen LogP contribution is 2.46. The fraction of sp³-hybridized carbons (Fsp3) is 0.846. The third kappa shape index (κ3) is 2.45. The molecule has 1 amide bonds. The van der Waals surface area contributed by atoms with Crippen molar-refractivity contribution in [3.05, 3.63) is 0 Å². The van der Waals surface area contributed by atoms with Gasteiger partial charge in [-0.05, 0) is 40.0 Å². The molecule has 1 aliphatic heterocycles. The Morgan fingerprint density at radius 2 is 1.94 bits per heavy atom. The Morgan fingerprint density at radius 3 is 2.35 bits per heavy atom. The van der Waals surface area contributed by atoms with Crippen LogP contribution in [0.25, 0.3) is 0 Å². The van der Waals surface area contributed by atoms with Gasteiger partial charge >= 0.3 is 6.09 Å². The maximum atomic E-state index is 12.0. The summed E-state index contributed by atoms with van der Waals surface area (Å²) in [6, 6.07) is 0. The first-order chi connectivity index (χ1) is 7.82. The van der Waals surface area contributed by atoms with Crippen molar-refractivity contribution in [3.8, 4) is 0 Å². The van der Waals surface area contributed by atoms with E-state index in [2.05, 4.69) is 0 Å². The molecule has 0 radical (unpaired) electrons. The van der Waals surface area contributed by atoms with Crippen molar-refractivity contribution >= 4 is 11.9 Å². The van der Waals surface area contributed by atoms with Crippen LogP contribution in [0.2, 0.25) is 0 Å². The fourth-order valence-corrected chi connectivity index (χ4v) is 2.52. The summed E-state index contributed by atoms with van der Waals surface area (Å²) in [5, 5.41) is 0. The summed E-state index contributed by atoms with van der Waals surface area (Å²) in [5.74, 6) is 0.223. The first-order valence-corrected chi connectivity index (χ1v) is 6.34. The van der Waals surface area contributed by atoms with Gasteiger partial charge in [-0.25, -0.2) is 4.79 Å². The number of piperidine rings is 1. The zero-order valence-corrected chi connectivity index (χ0v) is 10.9. The number of rotatable bonds is 0. The van der Waals surface area contributed by atoms with E-state index >= 15 is 0 Å². The zero-order chi connectivity index (χ0) is 12.7. The molecule has 1 heterocycles. The molecule has 0 aromatic heterocycles. The van der Waals surface area contributed by atoms with Crippen LogP contribution in [0, 0.1) is 5.41 Å². The number of Topliss-reactive ketones (excluding diaryl/α,β-unsaturated/α-hetero) is 1. The largest absolute Gasteiger partial charge is 0.444 e. The lowest BCUT2D eigenvalue weighted by molar-refractivity contribution is -0.139. The van der Waals surface area contributed by atoms with Gasteiger partial charge in [-0.1, -0.05) is 6.42 Å². The van der Waals surface area contributed by atoms with Crippen molar-refractivity contribution in [3.63, 3.8) is 0 Å². The molecule has 17 heavy (non-hydrogen) atoms. The molecule has 96 valence electrons. The molecule has 1 spiro atoms. The van der Waals surface area contributed by atoms with Gasteiger partial charge in [0.1, 0.15) is 5.60 Å². The van der Waals surface area contributed by atoms with Crippen LogP contribution in [0.4, 0.5) is 4.79 Å². The highest BCUT2D eigenvalue weighted by Gasteiger charge is 2.47. The number of carbonyl (C=O) groups is 2. The lowest BCUT2D eigenvalue weighted by atomic mass is 9.62. The summed E-state index contributed by atoms with van der Waals surface area (Å²) in [4.78, 5) is 25.4. The number of ketones is 1. The summed E-state index contributed by atoms with van der Waals surface area (Å²) < 4.78 is 5.28. The monoisotopic (exact) mass is 239 g/mol. The maximum absolute atomic E-state index is 12.0. The standard InChI is InChI=1S/C13H21NO3/c1-12(2,3)17-11(16)14-8-7-13(5-4-6-13)10(15)9-14/h4-9H2,1-3H3. The molecule has 0 N–H and O–H groups in total. The van der Waals surface area contributed by atoms with Crippen molar-refractivity contribution in [2.75, 3.05) is 13.1 Å². The zero-order valence-electron chi connectivity index (χ0n) is 10.9. The first kappa shape index (κ1) is 12.4. The molecule has 1 saturated carbocycles. The molecular weight excluding hydrogens is 218 g/mol. The third-order valence-electron chi connectivity index (χ3n) is 3.75. The van der Waals surface area contributed by atoms with Crippen LogP contribution in [0.5, 0.6) is 0 Å². The van der Waals surface area contributed by atoms with E-state index in [1.807, 2.05) is 20.8 Å². The van der Waals surface area contributed by atoms with Gasteiger partial charge in [0.2, 0.25) is 0 Å². The lowest BCUT2D eigenvalue weighted by Gasteiger charge is -2.46. The van der Waals surface area contributed by atoms with Crippen molar-refractivity contribution in [2.45, 2.75) is 52.1 Å². The van der Waals surface area contributed by atoms with Crippen LogP contribution >= 0.6 is 0 Å². The quantitative estimate of drug-likeness (QED) is 0.652. The first-order valence-electron chi connectivity index (χ1n) is 6.34. The highest BCUT2D eigenvalue weighted by molar-refractivity contribution is 5.90. The van der Waals surface area contributed by atoms with Crippen LogP contribution < -0.4 is 0 Å². The SMILES string of the molecule is CC(C)(C)OC(=O)N1CCC2(CCC2)C(=O)C1. The van der Waals surface area contributed by atoms with E-state index in [4.69, 9.17) is 4.74 Å². The van der Waals surface area contributed by atoms with E-state index in [1.54, 1.807) is 0 Å². The molecule has 2 fully saturated rings. The van der Waals surface area contributed by atoms with E-state index < -0.39 is 5.60 Å². The van der Waals surface area contributed by atoms with E-state index in [0.29, 0.717) is 6.54 Å². The van der Waals surface area contributed by atoms with Gasteiger partial charge in [-0.15, -0.1) is 0 Å². The van der Waals surface area contributed by atoms with Crippen LogP contribution in [-0.4, -0.2) is 35.5 Å². The van der Waals surface area contributed by atoms with Gasteiger partial charge in [-0.2, -0.15) is 0 Å². The van der Waals surface area contributed by atoms with E-state index in [1.165, 1.54) is 4.90 Å². The van der Waals surface area contributed by atoms with E-state index in [-0.39, 0.29) is 23.8 Å². The average Bonchev–Trinajstić information content (AvgIpc) is 2.12. The van der Waals surface area contributed by atoms with Crippen LogP contribution in [-0.2, 0) is 9.53 Å². The summed E-state index contributed by atoms with van der Waals surface area (Å²) in [6.07, 6.45) is 3.62. The van der Waals surface area contributed by atoms with Gasteiger partial charge in [0.05, 0.1) is 6.54 Å². The predicted molar refractivity (Wildman–Crippen MR) is 63.7 cm³/mol. The second-order valence-electron chi connectivity index (χ2n) is 6.21. The minimum absolute atomic E-state index is 0.0848. The number of ether oxygens (including phenoxy) is 1. The summed E-state index contributed by atoms with van der Waals surface area (Å²) in [6.45, 7) is 6.40. The summed E-state index contributed by atoms with van der Waals surface area (Å²) in [7, 11) is 0. The molecule has 2 rings (SSSR count). The van der Waals surface area contributed by atoms with Crippen LogP contribution in [0.1, 0.15) is 46.5 Å². The molecular formula is C13H21NO3. The van der Waals surface area contributed by atoms with Gasteiger partial charge in [0, 0.05) is 12.0 Å². The Morgan fingerprint density at radius 1 is 1.29 bits per heavy atom. The topological polar surface area (TPSA) is 46.6 Å². The van der Waals surface area contributed by atoms with Crippen LogP contribution in [0.15, 0.2) is 0 Å². The number of nitrogens with zero attached hydrogens (tertiary/aromatic N) is 1. The van der Waals surface area contributed by atoms with Crippen molar-refractivity contribution < 1.29 is 14.3 Å². The molecule has 4 heteroatoms. The molecule has 0 atom stereocenters. The number of amides is 1. The molecule has 2 aliphatic rings. The maximum Gasteiger partial charge on any atom is 0.410 e. The van der Waals surface area contributed by atoms with Gasteiger partial charge in [0.25, 0.3) is 0 Å². The number of likely N-dealkylation sites (tertiary alicyclic amines) is 1. The van der Waals surface area contributed by atoms with Crippen molar-refractivity contribution in [1.82, 2.24) is 4.90 Å². The highest BCUT2D eigenvalue weighted by atomic mass is 16.6. The molecule has 1 aliphatic carbocycles. The minimum atomic E-state index is -0.494. The number of hydrogen-bond acceptors (Lipinski definition) is 3. The number of carbonyl (C=O) groups excluding carboxylic acids is 2. The summed E-state index contributed by atoms with van der Waals surface area (Å²) >= 11 is 0.